The van der Waals surface area contributed by atoms with Crippen molar-refractivity contribution < 1.29 is 22.4 Å². The lowest BCUT2D eigenvalue weighted by atomic mass is 10.1. The summed E-state index contributed by atoms with van der Waals surface area (Å²) in [4.78, 5) is 12.6. The van der Waals surface area contributed by atoms with Crippen molar-refractivity contribution in [1.29, 1.82) is 0 Å². The van der Waals surface area contributed by atoms with Gasteiger partial charge in [0.2, 0.25) is 5.82 Å². The van der Waals surface area contributed by atoms with Gasteiger partial charge in [-0.3, -0.25) is 9.36 Å². The lowest BCUT2D eigenvalue weighted by molar-refractivity contribution is -0.138. The number of anilines is 1. The van der Waals surface area contributed by atoms with Crippen molar-refractivity contribution in [3.05, 3.63) is 76.3 Å². The highest BCUT2D eigenvalue weighted by atomic mass is 35.5. The van der Waals surface area contributed by atoms with Crippen molar-refractivity contribution in [2.45, 2.75) is 37.9 Å². The Morgan fingerprint density at radius 1 is 1.21 bits per heavy atom. The van der Waals surface area contributed by atoms with Gasteiger partial charge in [-0.1, -0.05) is 62.0 Å². The van der Waals surface area contributed by atoms with Crippen LogP contribution in [0.1, 0.15) is 41.2 Å². The van der Waals surface area contributed by atoms with Crippen molar-refractivity contribution in [1.82, 2.24) is 14.8 Å². The van der Waals surface area contributed by atoms with E-state index in [9.17, 15) is 22.4 Å². The van der Waals surface area contributed by atoms with Crippen LogP contribution < -0.4 is 5.32 Å². The third-order valence-corrected chi connectivity index (χ3v) is 5.74. The smallest absolute Gasteiger partial charge is 0.319 e. The van der Waals surface area contributed by atoms with Crippen LogP contribution in [0.5, 0.6) is 0 Å². The van der Waals surface area contributed by atoms with E-state index in [1.165, 1.54) is 42.0 Å². The molecule has 0 unspecified atom stereocenters. The average molecular weight is 501 g/mol. The molecule has 3 aromatic rings. The quantitative estimate of drug-likeness (QED) is 0.290. The molecule has 0 fully saturated rings. The van der Waals surface area contributed by atoms with E-state index < -0.39 is 23.5 Å². The first kappa shape index (κ1) is 26.4. The van der Waals surface area contributed by atoms with Crippen LogP contribution in [-0.2, 0) is 11.9 Å². The Hall–Kier alpha value is -2.85. The van der Waals surface area contributed by atoms with Crippen LogP contribution >= 0.6 is 23.4 Å². The molecule has 1 amide bonds. The number of carbonyl (C=O) groups is 1. The van der Waals surface area contributed by atoms with Gasteiger partial charge in [-0.15, -0.1) is 10.2 Å². The average Bonchev–Trinajstić information content (AvgIpc) is 3.20. The van der Waals surface area contributed by atoms with Crippen LogP contribution in [0.3, 0.4) is 0 Å². The molecule has 0 aliphatic carbocycles. The standard InChI is InChI=1S/C20H15ClF4N4OS.C2H6/c1-3-29-17(18(30)26-15-9-5-7-13(11(15)2)20(23,24)25)27-28-19(29)31-10-12-6-4-8-14(22)16(12)21;1-2/h3-9H,1,10H2,2H3,(H,26,30);1-2H3. The monoisotopic (exact) mass is 500 g/mol. The molecule has 0 bridgehead atoms. The predicted octanol–water partition coefficient (Wildman–Crippen LogP) is 7.07. The Morgan fingerprint density at radius 3 is 2.52 bits per heavy atom. The molecule has 176 valence electrons. The van der Waals surface area contributed by atoms with E-state index >= 15 is 0 Å². The number of halogens is 5. The molecule has 11 heteroatoms. The molecule has 33 heavy (non-hydrogen) atoms. The minimum absolute atomic E-state index is 0.000757. The number of carbonyl (C=O) groups excluding carboxylic acids is 1. The number of hydrogen-bond acceptors (Lipinski definition) is 4. The summed E-state index contributed by atoms with van der Waals surface area (Å²) < 4.78 is 54.2. The van der Waals surface area contributed by atoms with Crippen LogP contribution in [0.25, 0.3) is 6.20 Å². The summed E-state index contributed by atoms with van der Waals surface area (Å²) in [5.41, 5.74) is -0.447. The number of benzene rings is 2. The number of thioether (sulfide) groups is 1. The van der Waals surface area contributed by atoms with Gasteiger partial charge in [0.15, 0.2) is 5.16 Å². The zero-order chi connectivity index (χ0) is 24.8. The molecule has 2 aromatic carbocycles. The summed E-state index contributed by atoms with van der Waals surface area (Å²) in [6, 6.07) is 7.90. The number of hydrogen-bond donors (Lipinski definition) is 1. The maximum absolute atomic E-state index is 13.6. The maximum Gasteiger partial charge on any atom is 0.416 e. The van der Waals surface area contributed by atoms with Gasteiger partial charge >= 0.3 is 6.18 Å². The summed E-state index contributed by atoms with van der Waals surface area (Å²) in [5.74, 6) is -1.23. The minimum Gasteiger partial charge on any atom is -0.319 e. The van der Waals surface area contributed by atoms with E-state index in [2.05, 4.69) is 22.1 Å². The first-order valence-electron chi connectivity index (χ1n) is 9.74. The van der Waals surface area contributed by atoms with Crippen LogP contribution in [0.4, 0.5) is 23.2 Å². The van der Waals surface area contributed by atoms with Gasteiger partial charge in [0.25, 0.3) is 5.91 Å². The predicted molar refractivity (Wildman–Crippen MR) is 123 cm³/mol. The van der Waals surface area contributed by atoms with Gasteiger partial charge < -0.3 is 5.32 Å². The highest BCUT2D eigenvalue weighted by Crippen LogP contribution is 2.34. The van der Waals surface area contributed by atoms with Crippen molar-refractivity contribution in [3.63, 3.8) is 0 Å². The molecule has 0 atom stereocenters. The maximum atomic E-state index is 13.6. The SMILES string of the molecule is C=Cn1c(SCc2cccc(F)c2Cl)nnc1C(=O)Nc1cccc(C(F)(F)F)c1C.CC. The van der Waals surface area contributed by atoms with Crippen LogP contribution in [-0.4, -0.2) is 20.7 Å². The zero-order valence-corrected chi connectivity index (χ0v) is 19.6. The fourth-order valence-corrected chi connectivity index (χ4v) is 3.95. The number of rotatable bonds is 6. The fraction of sp³-hybridized carbons (Fsp3) is 0.227. The lowest BCUT2D eigenvalue weighted by Crippen LogP contribution is -2.18. The molecule has 1 aromatic heterocycles. The van der Waals surface area contributed by atoms with Gasteiger partial charge in [-0.05, 0) is 36.2 Å². The molecule has 0 spiro atoms. The highest BCUT2D eigenvalue weighted by molar-refractivity contribution is 7.98. The van der Waals surface area contributed by atoms with E-state index in [-0.39, 0.29) is 33.0 Å². The summed E-state index contributed by atoms with van der Waals surface area (Å²) in [7, 11) is 0. The van der Waals surface area contributed by atoms with Crippen molar-refractivity contribution >= 4 is 41.2 Å². The van der Waals surface area contributed by atoms with Gasteiger partial charge in [0, 0.05) is 17.6 Å². The normalized spacial score (nSPS) is 10.9. The molecule has 5 nitrogen and oxygen atoms in total. The van der Waals surface area contributed by atoms with Gasteiger partial charge in [-0.2, -0.15) is 13.2 Å². The van der Waals surface area contributed by atoms with E-state index in [0.717, 1.165) is 17.8 Å². The van der Waals surface area contributed by atoms with E-state index in [1.54, 1.807) is 6.07 Å². The number of aromatic nitrogens is 3. The van der Waals surface area contributed by atoms with E-state index in [4.69, 9.17) is 11.6 Å². The summed E-state index contributed by atoms with van der Waals surface area (Å²) in [5, 5.41) is 10.4. The first-order chi connectivity index (χ1) is 15.6. The summed E-state index contributed by atoms with van der Waals surface area (Å²) in [6.45, 7) is 8.88. The van der Waals surface area contributed by atoms with Crippen LogP contribution in [0.2, 0.25) is 5.02 Å². The third-order valence-electron chi connectivity index (χ3n) is 4.33. The second kappa shape index (κ2) is 11.3. The second-order valence-electron chi connectivity index (χ2n) is 6.29. The molecule has 1 heterocycles. The van der Waals surface area contributed by atoms with Gasteiger partial charge in [-0.25, -0.2) is 4.39 Å². The molecular weight excluding hydrogens is 480 g/mol. The molecule has 0 aliphatic heterocycles. The second-order valence-corrected chi connectivity index (χ2v) is 7.61. The van der Waals surface area contributed by atoms with Crippen LogP contribution in [0, 0.1) is 12.7 Å². The van der Waals surface area contributed by atoms with Crippen LogP contribution in [0.15, 0.2) is 48.1 Å². The highest BCUT2D eigenvalue weighted by Gasteiger charge is 2.33. The lowest BCUT2D eigenvalue weighted by Gasteiger charge is -2.14. The third kappa shape index (κ3) is 6.14. The molecule has 3 rings (SSSR count). The number of nitrogens with one attached hydrogen (secondary N) is 1. The van der Waals surface area contributed by atoms with Crippen molar-refractivity contribution in [3.8, 4) is 0 Å². The van der Waals surface area contributed by atoms with Crippen molar-refractivity contribution in [2.75, 3.05) is 5.32 Å². The Labute approximate surface area is 197 Å². The minimum atomic E-state index is -4.55. The Morgan fingerprint density at radius 2 is 1.88 bits per heavy atom. The van der Waals surface area contributed by atoms with E-state index in [0.29, 0.717) is 5.56 Å². The van der Waals surface area contributed by atoms with Crippen molar-refractivity contribution in [2.24, 2.45) is 0 Å². The largest absolute Gasteiger partial charge is 0.416 e. The Bertz CT molecular complexity index is 1150. The zero-order valence-electron chi connectivity index (χ0n) is 18.0. The Balaban J connectivity index is 0.00000187. The molecule has 0 saturated heterocycles. The fourth-order valence-electron chi connectivity index (χ4n) is 2.75. The van der Waals surface area contributed by atoms with E-state index in [1.807, 2.05) is 13.8 Å². The molecule has 0 saturated carbocycles. The van der Waals surface area contributed by atoms with Gasteiger partial charge in [0.1, 0.15) is 5.82 Å². The molecule has 1 N–H and O–H groups in total. The molecule has 0 aliphatic rings. The number of amides is 1. The first-order valence-corrected chi connectivity index (χ1v) is 11.1. The summed E-state index contributed by atoms with van der Waals surface area (Å²) in [6.07, 6.45) is -3.25. The summed E-state index contributed by atoms with van der Waals surface area (Å²) >= 11 is 7.08. The number of alkyl halides is 3. The molecular formula is C22H21ClF4N4OS. The topological polar surface area (TPSA) is 59.8 Å². The molecule has 0 radical (unpaired) electrons. The van der Waals surface area contributed by atoms with Gasteiger partial charge in [0.05, 0.1) is 10.6 Å². The number of nitrogens with zero attached hydrogens (tertiary/aromatic N) is 3. The Kier molecular flexibility index (Phi) is 9.07.